The first-order valence-electron chi connectivity index (χ1n) is 6.43. The summed E-state index contributed by atoms with van der Waals surface area (Å²) in [5, 5.41) is 10.2. The van der Waals surface area contributed by atoms with Crippen molar-refractivity contribution in [3.05, 3.63) is 63.6 Å². The highest BCUT2D eigenvalue weighted by molar-refractivity contribution is 9.10. The van der Waals surface area contributed by atoms with Crippen LogP contribution >= 0.6 is 27.5 Å². The molecule has 0 spiro atoms. The Morgan fingerprint density at radius 2 is 1.90 bits per heavy atom. The first-order valence-corrected chi connectivity index (χ1v) is 7.61. The molecule has 1 atom stereocenters. The van der Waals surface area contributed by atoms with Gasteiger partial charge in [0.1, 0.15) is 5.75 Å². The van der Waals surface area contributed by atoms with E-state index in [1.807, 2.05) is 48.5 Å². The van der Waals surface area contributed by atoms with E-state index < -0.39 is 0 Å². The highest BCUT2D eigenvalue weighted by Gasteiger charge is 2.11. The van der Waals surface area contributed by atoms with Gasteiger partial charge < -0.3 is 9.84 Å². The van der Waals surface area contributed by atoms with Crippen molar-refractivity contribution >= 4 is 27.5 Å². The second-order valence-electron chi connectivity index (χ2n) is 4.53. The highest BCUT2D eigenvalue weighted by Crippen LogP contribution is 2.23. The van der Waals surface area contributed by atoms with Crippen LogP contribution in [-0.4, -0.2) is 18.3 Å². The lowest BCUT2D eigenvalue weighted by Crippen LogP contribution is -2.09. The van der Waals surface area contributed by atoms with Gasteiger partial charge >= 0.3 is 0 Å². The van der Waals surface area contributed by atoms with E-state index in [9.17, 15) is 5.11 Å². The molecule has 0 radical (unpaired) electrons. The van der Waals surface area contributed by atoms with E-state index in [1.54, 1.807) is 0 Å². The largest absolute Gasteiger partial charge is 0.494 e. The van der Waals surface area contributed by atoms with Gasteiger partial charge in [-0.15, -0.1) is 0 Å². The van der Waals surface area contributed by atoms with Crippen LogP contribution in [0.1, 0.15) is 17.9 Å². The lowest BCUT2D eigenvalue weighted by Gasteiger charge is -2.15. The quantitative estimate of drug-likeness (QED) is 0.817. The van der Waals surface area contributed by atoms with Crippen LogP contribution in [0.25, 0.3) is 0 Å². The smallest absolute Gasteiger partial charge is 0.119 e. The van der Waals surface area contributed by atoms with E-state index >= 15 is 0 Å². The summed E-state index contributed by atoms with van der Waals surface area (Å²) in [5.41, 5.74) is 1.04. The summed E-state index contributed by atoms with van der Waals surface area (Å²) in [5.74, 6) is 0.875. The Balaban J connectivity index is 1.89. The molecule has 0 saturated carbocycles. The van der Waals surface area contributed by atoms with Crippen LogP contribution in [0, 0.1) is 0 Å². The molecule has 106 valence electrons. The van der Waals surface area contributed by atoms with E-state index in [-0.39, 0.29) is 12.5 Å². The molecule has 20 heavy (non-hydrogen) atoms. The van der Waals surface area contributed by atoms with E-state index in [2.05, 4.69) is 15.9 Å². The van der Waals surface area contributed by atoms with Gasteiger partial charge in [0.25, 0.3) is 0 Å². The number of hydrogen-bond donors (Lipinski definition) is 1. The van der Waals surface area contributed by atoms with E-state index in [0.717, 1.165) is 22.2 Å². The standard InChI is InChI=1S/C16H16BrClO2/c17-14-4-6-16(7-5-14)20-9-8-13(11-19)12-2-1-3-15(18)10-12/h1-7,10,13,19H,8-9,11H2. The average molecular weight is 356 g/mol. The van der Waals surface area contributed by atoms with Crippen molar-refractivity contribution in [3.8, 4) is 5.75 Å². The second-order valence-corrected chi connectivity index (χ2v) is 5.88. The molecule has 0 aliphatic rings. The minimum absolute atomic E-state index is 0.0455. The molecule has 1 unspecified atom stereocenters. The van der Waals surface area contributed by atoms with Crippen LogP contribution in [0.5, 0.6) is 5.75 Å². The zero-order valence-electron chi connectivity index (χ0n) is 10.9. The van der Waals surface area contributed by atoms with Crippen LogP contribution in [0.15, 0.2) is 53.0 Å². The number of benzene rings is 2. The monoisotopic (exact) mass is 354 g/mol. The summed E-state index contributed by atoms with van der Waals surface area (Å²) in [4.78, 5) is 0. The van der Waals surface area contributed by atoms with Gasteiger partial charge in [-0.25, -0.2) is 0 Å². The molecule has 0 heterocycles. The van der Waals surface area contributed by atoms with Gasteiger partial charge in [-0.2, -0.15) is 0 Å². The van der Waals surface area contributed by atoms with Crippen molar-refractivity contribution in [1.82, 2.24) is 0 Å². The van der Waals surface area contributed by atoms with Gasteiger partial charge in [0.15, 0.2) is 0 Å². The fourth-order valence-corrected chi connectivity index (χ4v) is 2.44. The van der Waals surface area contributed by atoms with Gasteiger partial charge in [0.2, 0.25) is 0 Å². The van der Waals surface area contributed by atoms with Gasteiger partial charge in [-0.05, 0) is 48.4 Å². The maximum absolute atomic E-state index is 9.50. The minimum Gasteiger partial charge on any atom is -0.494 e. The van der Waals surface area contributed by atoms with Crippen molar-refractivity contribution in [3.63, 3.8) is 0 Å². The Morgan fingerprint density at radius 3 is 2.55 bits per heavy atom. The van der Waals surface area contributed by atoms with Crippen molar-refractivity contribution in [2.24, 2.45) is 0 Å². The molecule has 0 aliphatic heterocycles. The van der Waals surface area contributed by atoms with Crippen LogP contribution < -0.4 is 4.74 Å². The summed E-state index contributed by atoms with van der Waals surface area (Å²) in [6.45, 7) is 0.642. The molecular formula is C16H16BrClO2. The molecule has 1 N–H and O–H groups in total. The molecule has 4 heteroatoms. The van der Waals surface area contributed by atoms with Crippen LogP contribution in [0.3, 0.4) is 0 Å². The van der Waals surface area contributed by atoms with Gasteiger partial charge in [0.05, 0.1) is 13.2 Å². The Kier molecular flexibility index (Phi) is 5.89. The topological polar surface area (TPSA) is 29.5 Å². The maximum atomic E-state index is 9.50. The molecular weight excluding hydrogens is 340 g/mol. The SMILES string of the molecule is OCC(CCOc1ccc(Br)cc1)c1cccc(Cl)c1. The van der Waals surface area contributed by atoms with Gasteiger partial charge in [-0.3, -0.25) is 0 Å². The molecule has 2 aromatic rings. The number of aliphatic hydroxyl groups is 1. The minimum atomic E-state index is 0.0455. The Hall–Kier alpha value is -1.03. The third-order valence-corrected chi connectivity index (χ3v) is 3.85. The summed E-state index contributed by atoms with van der Waals surface area (Å²) in [6, 6.07) is 15.3. The molecule has 0 aliphatic carbocycles. The zero-order chi connectivity index (χ0) is 14.4. The van der Waals surface area contributed by atoms with E-state index in [0.29, 0.717) is 11.6 Å². The summed E-state index contributed by atoms with van der Waals surface area (Å²) in [6.07, 6.45) is 0.743. The molecule has 2 rings (SSSR count). The summed E-state index contributed by atoms with van der Waals surface area (Å²) in [7, 11) is 0. The molecule has 2 aromatic carbocycles. The molecule has 0 amide bonds. The second kappa shape index (κ2) is 7.67. The lowest BCUT2D eigenvalue weighted by molar-refractivity contribution is 0.229. The van der Waals surface area contributed by atoms with Gasteiger partial charge in [-0.1, -0.05) is 39.7 Å². The summed E-state index contributed by atoms with van der Waals surface area (Å²) < 4.78 is 6.71. The summed E-state index contributed by atoms with van der Waals surface area (Å²) >= 11 is 9.36. The van der Waals surface area contributed by atoms with Crippen LogP contribution in [0.2, 0.25) is 5.02 Å². The first kappa shape index (κ1) is 15.4. The third-order valence-electron chi connectivity index (χ3n) is 3.09. The number of rotatable bonds is 6. The highest BCUT2D eigenvalue weighted by atomic mass is 79.9. The zero-order valence-corrected chi connectivity index (χ0v) is 13.3. The van der Waals surface area contributed by atoms with E-state index in [1.165, 1.54) is 0 Å². The molecule has 0 aromatic heterocycles. The Morgan fingerprint density at radius 1 is 1.15 bits per heavy atom. The van der Waals surface area contributed by atoms with Crippen molar-refractivity contribution in [2.75, 3.05) is 13.2 Å². The Bertz CT molecular complexity index is 542. The number of aliphatic hydroxyl groups excluding tert-OH is 1. The van der Waals surface area contributed by atoms with Crippen molar-refractivity contribution in [2.45, 2.75) is 12.3 Å². The number of ether oxygens (including phenoxy) is 1. The van der Waals surface area contributed by atoms with Crippen LogP contribution in [-0.2, 0) is 0 Å². The van der Waals surface area contributed by atoms with Crippen molar-refractivity contribution in [1.29, 1.82) is 0 Å². The molecule has 2 nitrogen and oxygen atoms in total. The van der Waals surface area contributed by atoms with Crippen molar-refractivity contribution < 1.29 is 9.84 Å². The first-order chi connectivity index (χ1) is 9.69. The molecule has 0 bridgehead atoms. The fourth-order valence-electron chi connectivity index (χ4n) is 1.97. The maximum Gasteiger partial charge on any atom is 0.119 e. The normalized spacial score (nSPS) is 12.2. The average Bonchev–Trinajstić information content (AvgIpc) is 2.45. The Labute approximate surface area is 132 Å². The van der Waals surface area contributed by atoms with Crippen LogP contribution in [0.4, 0.5) is 0 Å². The third kappa shape index (κ3) is 4.51. The number of hydrogen-bond acceptors (Lipinski definition) is 2. The predicted octanol–water partition coefficient (Wildman–Crippen LogP) is 4.65. The fraction of sp³-hybridized carbons (Fsp3) is 0.250. The predicted molar refractivity (Wildman–Crippen MR) is 85.5 cm³/mol. The lowest BCUT2D eigenvalue weighted by atomic mass is 9.97. The van der Waals surface area contributed by atoms with E-state index in [4.69, 9.17) is 16.3 Å². The number of halogens is 2. The molecule has 0 fully saturated rings. The molecule has 0 saturated heterocycles. The van der Waals surface area contributed by atoms with Gasteiger partial charge in [0, 0.05) is 15.4 Å².